The lowest BCUT2D eigenvalue weighted by molar-refractivity contribution is 0.876. The van der Waals surface area contributed by atoms with E-state index in [9.17, 15) is 0 Å². The van der Waals surface area contributed by atoms with Crippen molar-refractivity contribution in [3.63, 3.8) is 0 Å². The van der Waals surface area contributed by atoms with Gasteiger partial charge in [-0.05, 0) is 92.0 Å². The van der Waals surface area contributed by atoms with E-state index >= 15 is 0 Å². The van der Waals surface area contributed by atoms with Gasteiger partial charge in [0.25, 0.3) is 0 Å². The Kier molecular flexibility index (Phi) is 6.50. The number of hydrogen-bond acceptors (Lipinski definition) is 0. The summed E-state index contributed by atoms with van der Waals surface area (Å²) in [5.41, 5.74) is 14.2. The first-order valence-corrected chi connectivity index (χ1v) is 16.9. The summed E-state index contributed by atoms with van der Waals surface area (Å²) in [6.07, 6.45) is 4.92. The molecular formula is C42H34Si. The van der Waals surface area contributed by atoms with E-state index in [2.05, 4.69) is 147 Å². The fourth-order valence-electron chi connectivity index (χ4n) is 7.37. The van der Waals surface area contributed by atoms with E-state index in [1.54, 1.807) is 0 Å². The molecule has 8 rings (SSSR count). The van der Waals surface area contributed by atoms with Crippen LogP contribution in [0.15, 0.2) is 132 Å². The Morgan fingerprint density at radius 3 is 1.37 bits per heavy atom. The van der Waals surface area contributed by atoms with Crippen molar-refractivity contribution in [3.8, 4) is 22.3 Å². The van der Waals surface area contributed by atoms with E-state index in [4.69, 9.17) is 0 Å². The van der Waals surface area contributed by atoms with E-state index < -0.39 is 0 Å². The molecule has 0 N–H and O–H groups in total. The monoisotopic (exact) mass is 566 g/mol. The fraction of sp³-hybridized carbons (Fsp3) is 0.143. The molecule has 0 saturated heterocycles. The standard InChI is InChI=1S/C42H34Si/c1-27-21-39-35(33-19-17-29-9-3-5-11-31(29)23-33)13-7-15-37(39)41(27)25-43-26-42-28(2)22-40-36(14-8-16-38(40)42)34-20-18-30-10-4-6-12-32(30)24-34/h3-24,41-42H,25-26H2,1-2H3. The van der Waals surface area contributed by atoms with Crippen molar-refractivity contribution in [1.29, 1.82) is 0 Å². The summed E-state index contributed by atoms with van der Waals surface area (Å²) >= 11 is 0. The minimum absolute atomic E-state index is 0.517. The highest BCUT2D eigenvalue weighted by atomic mass is 28.2. The summed E-state index contributed by atoms with van der Waals surface area (Å²) in [5.74, 6) is 1.03. The van der Waals surface area contributed by atoms with E-state index in [0.29, 0.717) is 11.8 Å². The molecule has 2 aliphatic rings. The van der Waals surface area contributed by atoms with Gasteiger partial charge in [-0.3, -0.25) is 0 Å². The van der Waals surface area contributed by atoms with Crippen molar-refractivity contribution in [2.75, 3.05) is 0 Å². The average molecular weight is 567 g/mol. The van der Waals surface area contributed by atoms with Crippen molar-refractivity contribution in [2.24, 2.45) is 0 Å². The van der Waals surface area contributed by atoms with Crippen LogP contribution in [0.4, 0.5) is 0 Å². The largest absolute Gasteiger partial charge is 0.0655 e. The maximum absolute atomic E-state index is 2.46. The van der Waals surface area contributed by atoms with Gasteiger partial charge in [-0.15, -0.1) is 0 Å². The summed E-state index contributed by atoms with van der Waals surface area (Å²) in [6.45, 7) is 4.68. The maximum Gasteiger partial charge on any atom is 0.0397 e. The third kappa shape index (κ3) is 4.60. The van der Waals surface area contributed by atoms with Crippen LogP contribution in [0.1, 0.15) is 47.9 Å². The highest BCUT2D eigenvalue weighted by Gasteiger charge is 2.28. The predicted octanol–water partition coefficient (Wildman–Crippen LogP) is 11.6. The molecule has 0 bridgehead atoms. The first-order valence-electron chi connectivity index (χ1n) is 15.5. The fourth-order valence-corrected chi connectivity index (χ4v) is 9.20. The van der Waals surface area contributed by atoms with Crippen molar-refractivity contribution in [3.05, 3.63) is 155 Å². The van der Waals surface area contributed by atoms with Gasteiger partial charge in [0.1, 0.15) is 0 Å². The minimum atomic E-state index is 0.517. The Balaban J connectivity index is 1.03. The van der Waals surface area contributed by atoms with Gasteiger partial charge in [-0.25, -0.2) is 0 Å². The molecule has 0 amide bonds. The van der Waals surface area contributed by atoms with Gasteiger partial charge < -0.3 is 0 Å². The zero-order valence-corrected chi connectivity index (χ0v) is 25.8. The van der Waals surface area contributed by atoms with Crippen molar-refractivity contribution in [2.45, 2.75) is 37.8 Å². The molecule has 0 fully saturated rings. The number of benzene rings is 6. The topological polar surface area (TPSA) is 0 Å². The first-order chi connectivity index (χ1) is 21.1. The lowest BCUT2D eigenvalue weighted by atomic mass is 9.92. The second-order valence-electron chi connectivity index (χ2n) is 12.3. The summed E-state index contributed by atoms with van der Waals surface area (Å²) in [5, 5.41) is 5.20. The van der Waals surface area contributed by atoms with Crippen LogP contribution < -0.4 is 0 Å². The molecule has 0 saturated carbocycles. The molecule has 6 aromatic rings. The van der Waals surface area contributed by atoms with Crippen LogP contribution in [0.2, 0.25) is 12.1 Å². The Bertz CT molecular complexity index is 1940. The maximum atomic E-state index is 2.46. The zero-order chi connectivity index (χ0) is 28.9. The Hall–Kier alpha value is -4.46. The second kappa shape index (κ2) is 10.7. The summed E-state index contributed by atoms with van der Waals surface area (Å²) in [4.78, 5) is 0. The van der Waals surface area contributed by atoms with E-state index in [1.807, 2.05) is 0 Å². The predicted molar refractivity (Wildman–Crippen MR) is 187 cm³/mol. The van der Waals surface area contributed by atoms with E-state index in [-0.39, 0.29) is 0 Å². The third-order valence-corrected chi connectivity index (χ3v) is 11.1. The van der Waals surface area contributed by atoms with Gasteiger partial charge in [0.05, 0.1) is 0 Å². The Morgan fingerprint density at radius 1 is 0.465 bits per heavy atom. The quantitative estimate of drug-likeness (QED) is 0.176. The van der Waals surface area contributed by atoms with Gasteiger partial charge in [-0.2, -0.15) is 0 Å². The Labute approximate surface area is 257 Å². The molecule has 6 aromatic carbocycles. The minimum Gasteiger partial charge on any atom is -0.0655 e. The van der Waals surface area contributed by atoms with Crippen LogP contribution >= 0.6 is 0 Å². The lowest BCUT2D eigenvalue weighted by Gasteiger charge is -2.19. The molecule has 43 heavy (non-hydrogen) atoms. The summed E-state index contributed by atoms with van der Waals surface area (Å²) in [7, 11) is 0.915. The van der Waals surface area contributed by atoms with E-state index in [1.165, 1.54) is 89.3 Å². The normalized spacial score (nSPS) is 17.2. The number of allylic oxidation sites excluding steroid dienone is 2. The molecule has 2 unspecified atom stereocenters. The first kappa shape index (κ1) is 26.2. The summed E-state index contributed by atoms with van der Waals surface area (Å²) in [6, 6.07) is 47.4. The van der Waals surface area contributed by atoms with Crippen LogP contribution in [-0.2, 0) is 0 Å². The lowest BCUT2D eigenvalue weighted by Crippen LogP contribution is -2.06. The van der Waals surface area contributed by atoms with E-state index in [0.717, 1.165) is 9.52 Å². The van der Waals surface area contributed by atoms with Crippen LogP contribution in [0.5, 0.6) is 0 Å². The molecule has 0 nitrogen and oxygen atoms in total. The SMILES string of the molecule is CC1=Cc2c(-c3ccc4ccccc4c3)cccc2C1C[Si]CC1C(C)=Cc2c(-c3ccc4ccccc4c3)cccc21. The van der Waals surface area contributed by atoms with Crippen LogP contribution in [0.25, 0.3) is 56.0 Å². The Morgan fingerprint density at radius 2 is 0.907 bits per heavy atom. The van der Waals surface area contributed by atoms with Crippen molar-refractivity contribution < 1.29 is 0 Å². The highest BCUT2D eigenvalue weighted by Crippen LogP contribution is 2.46. The number of hydrogen-bond donors (Lipinski definition) is 0. The average Bonchev–Trinajstić information content (AvgIpc) is 3.55. The molecule has 0 heterocycles. The molecule has 0 spiro atoms. The molecular weight excluding hydrogens is 533 g/mol. The highest BCUT2D eigenvalue weighted by molar-refractivity contribution is 6.36. The number of rotatable bonds is 6. The zero-order valence-electron chi connectivity index (χ0n) is 24.8. The van der Waals surface area contributed by atoms with Gasteiger partial charge in [0, 0.05) is 21.4 Å². The molecule has 2 radical (unpaired) electrons. The third-order valence-electron chi connectivity index (χ3n) is 9.69. The van der Waals surface area contributed by atoms with Gasteiger partial charge in [0.2, 0.25) is 0 Å². The molecule has 2 aliphatic carbocycles. The molecule has 1 heteroatoms. The molecule has 206 valence electrons. The van der Waals surface area contributed by atoms with Crippen LogP contribution in [-0.4, -0.2) is 9.52 Å². The van der Waals surface area contributed by atoms with Gasteiger partial charge >= 0.3 is 0 Å². The van der Waals surface area contributed by atoms with Crippen LogP contribution in [0, 0.1) is 0 Å². The molecule has 0 aromatic heterocycles. The van der Waals surface area contributed by atoms with Gasteiger partial charge in [-0.1, -0.05) is 145 Å². The van der Waals surface area contributed by atoms with Gasteiger partial charge in [0.15, 0.2) is 0 Å². The van der Waals surface area contributed by atoms with Crippen LogP contribution in [0.3, 0.4) is 0 Å². The second-order valence-corrected chi connectivity index (χ2v) is 13.6. The molecule has 0 aliphatic heterocycles. The molecule has 2 atom stereocenters. The van der Waals surface area contributed by atoms with Crippen molar-refractivity contribution >= 4 is 43.2 Å². The summed E-state index contributed by atoms with van der Waals surface area (Å²) < 4.78 is 0. The van der Waals surface area contributed by atoms with Crippen molar-refractivity contribution in [1.82, 2.24) is 0 Å². The smallest absolute Gasteiger partial charge is 0.0397 e. The number of fused-ring (bicyclic) bond motifs is 4.